The van der Waals surface area contributed by atoms with Gasteiger partial charge in [0.15, 0.2) is 0 Å². The Bertz CT molecular complexity index is 4840. The number of nitrogens with one attached hydrogen (secondary N) is 4. The average Bonchev–Trinajstić information content (AvgIpc) is 0.756. The Kier molecular flexibility index (Phi) is 50.0. The van der Waals surface area contributed by atoms with Gasteiger partial charge in [-0.25, -0.2) is 0 Å². The Morgan fingerprint density at radius 3 is 0.645 bits per heavy atom. The van der Waals surface area contributed by atoms with Crippen LogP contribution in [0.4, 0.5) is 22.7 Å². The molecule has 756 valence electrons. The van der Waals surface area contributed by atoms with Crippen LogP contribution in [-0.2, 0) is 0 Å². The van der Waals surface area contributed by atoms with Crippen LogP contribution in [0.15, 0.2) is 121 Å². The van der Waals surface area contributed by atoms with Crippen molar-refractivity contribution in [1.29, 1.82) is 0 Å². The highest BCUT2D eigenvalue weighted by Gasteiger charge is 2.38. The molecule has 8 aromatic carbocycles. The molecule has 0 fully saturated rings. The topological polar surface area (TPSA) is 204 Å². The molecule has 138 heavy (non-hydrogen) atoms. The highest BCUT2D eigenvalue weighted by atomic mass is 79.9. The fraction of sp³-hybridized carbons (Fsp3) is 0.571. The molecule has 4 aliphatic rings. The second-order valence-corrected chi connectivity index (χ2v) is 45.4. The molecule has 0 spiro atoms. The first-order valence-electron chi connectivity index (χ1n) is 52.1. The summed E-state index contributed by atoms with van der Waals surface area (Å²) in [6.07, 6.45) is 48.5. The summed E-state index contributed by atoms with van der Waals surface area (Å²) in [4.78, 5) is 120. The number of hydrogen-bond acceptors (Lipinski definition) is 18. The number of unbranched alkanes of at least 4 members (excludes halogenated alkanes) is 30. The van der Waals surface area contributed by atoms with Gasteiger partial charge in [0.2, 0.25) is 0 Å². The number of imide groups is 4. The number of nitrogens with zero attached hydrogens (tertiary/aromatic N) is 8. The number of carbonyl (C=O) groups excluding carboxylic acids is 8. The van der Waals surface area contributed by atoms with Gasteiger partial charge in [0, 0.05) is 199 Å². The van der Waals surface area contributed by atoms with Gasteiger partial charge in [-0.1, -0.05) is 285 Å². The summed E-state index contributed by atoms with van der Waals surface area (Å²) in [6.45, 7) is 15.4. The molecule has 4 N–H and O–H groups in total. The predicted octanol–water partition coefficient (Wildman–Crippen LogP) is 26.7. The third-order valence-electron chi connectivity index (χ3n) is 27.7. The minimum atomic E-state index is -0.285. The van der Waals surface area contributed by atoms with Crippen molar-refractivity contribution in [3.05, 3.63) is 166 Å². The lowest BCUT2D eigenvalue weighted by Gasteiger charge is -2.30. The van der Waals surface area contributed by atoms with Crippen molar-refractivity contribution in [1.82, 2.24) is 29.4 Å². The molecular formula is C112H164Br2N12O8S4+2. The average molecular weight is 2090 g/mol. The third kappa shape index (κ3) is 33.4. The van der Waals surface area contributed by atoms with Crippen molar-refractivity contribution in [2.45, 2.75) is 245 Å². The van der Waals surface area contributed by atoms with Crippen LogP contribution < -0.4 is 21.3 Å². The number of hydrogen-bond donors (Lipinski definition) is 4. The molecule has 0 unspecified atom stereocenters. The normalized spacial score (nSPS) is 13.6. The Morgan fingerprint density at radius 1 is 0.246 bits per heavy atom. The summed E-state index contributed by atoms with van der Waals surface area (Å²) in [5.41, 5.74) is 8.15. The summed E-state index contributed by atoms with van der Waals surface area (Å²) in [7, 11) is 23.7. The number of quaternary nitrogens is 2. The van der Waals surface area contributed by atoms with Crippen LogP contribution in [0, 0.1) is 0 Å². The maximum Gasteiger partial charge on any atom is 0.261 e. The molecule has 4 heterocycles. The standard InChI is InChI=1S/C74H116N6O4S2.C38H44N6O4S2.2BrH/c1-7-9-11-13-15-17-19-21-23-25-27-29-31-33-35-37-55-79(3,4)57-41-51-75-67-49-47-65-69-61(67)43-39-45-63(69)71(81)77(73(65)83)53-59-85-86-60-54-78-72(82)64-46-40-44-62-68(50-48-66(70(62)64)74(78)84)76-52-42-58-80(5,6)56-38-36-34-32-30-28-26-24-22-20-18-16-14-12-10-8-2;1-41(2)19-7-17-39-31-15-13-29-33-25(31)9-5-11-27(33)35(45)43(37(29)47)21-23-49-50-24-22-44-36(46)28-12-6-10-26-32(40-18-8-20-42(3)4)16-14-30(34(26)28)38(44)48;;/h39-40,43-50H,7-38,41-42,51-60H2,1-6H3;5-6,9-16,39-40H,7-8,17-24H2,1-4H3;2*1H/p+2. The molecule has 20 nitrogen and oxygen atoms in total. The molecule has 8 aromatic rings. The Labute approximate surface area is 863 Å². The Hall–Kier alpha value is -7.24. The van der Waals surface area contributed by atoms with Crippen molar-refractivity contribution in [3.8, 4) is 0 Å². The van der Waals surface area contributed by atoms with Gasteiger partial charge in [-0.2, -0.15) is 0 Å². The van der Waals surface area contributed by atoms with Crippen LogP contribution in [0.5, 0.6) is 0 Å². The molecular weight excluding hydrogens is 1930 g/mol. The fourth-order valence-corrected chi connectivity index (χ4v) is 23.7. The van der Waals surface area contributed by atoms with Gasteiger partial charge in [-0.05, 0) is 153 Å². The smallest absolute Gasteiger partial charge is 0.261 e. The number of benzene rings is 8. The largest absolute Gasteiger partial charge is 0.384 e. The zero-order valence-corrected chi connectivity index (χ0v) is 91.7. The van der Waals surface area contributed by atoms with E-state index in [-0.39, 0.29) is 107 Å². The third-order valence-corrected chi connectivity index (χ3v) is 32.4. The molecule has 0 aliphatic carbocycles. The molecule has 26 heteroatoms. The van der Waals surface area contributed by atoms with Crippen molar-refractivity contribution < 1.29 is 47.3 Å². The van der Waals surface area contributed by atoms with Crippen molar-refractivity contribution in [2.75, 3.05) is 192 Å². The van der Waals surface area contributed by atoms with Crippen molar-refractivity contribution in [2.24, 2.45) is 0 Å². The molecule has 0 bridgehead atoms. The van der Waals surface area contributed by atoms with E-state index in [4.69, 9.17) is 0 Å². The quantitative estimate of drug-likeness (QED) is 0.0121. The first-order chi connectivity index (χ1) is 66.0. The summed E-state index contributed by atoms with van der Waals surface area (Å²) in [5, 5.41) is 20.7. The van der Waals surface area contributed by atoms with E-state index in [2.05, 4.69) is 73.1 Å². The van der Waals surface area contributed by atoms with Crippen LogP contribution >= 0.6 is 77.1 Å². The van der Waals surface area contributed by atoms with Gasteiger partial charge in [-0.15, -0.1) is 34.0 Å². The summed E-state index contributed by atoms with van der Waals surface area (Å²) in [6, 6.07) is 38.0. The maximum atomic E-state index is 13.9. The van der Waals surface area contributed by atoms with Gasteiger partial charge in [-0.3, -0.25) is 58.0 Å². The van der Waals surface area contributed by atoms with Gasteiger partial charge in [0.1, 0.15) is 0 Å². The number of halogens is 2. The minimum Gasteiger partial charge on any atom is -0.384 e. The van der Waals surface area contributed by atoms with E-state index >= 15 is 0 Å². The van der Waals surface area contributed by atoms with E-state index in [1.807, 2.05) is 137 Å². The fourth-order valence-electron chi connectivity index (χ4n) is 19.9. The first-order valence-corrected chi connectivity index (χ1v) is 57.1. The highest BCUT2D eigenvalue weighted by Crippen LogP contribution is 2.41. The van der Waals surface area contributed by atoms with Crippen LogP contribution in [-0.4, -0.2) is 257 Å². The zero-order valence-electron chi connectivity index (χ0n) is 85.0. The molecule has 8 amide bonds. The lowest BCUT2D eigenvalue weighted by atomic mass is 9.93. The van der Waals surface area contributed by atoms with Crippen LogP contribution in [0.1, 0.15) is 328 Å². The number of rotatable bonds is 68. The predicted molar refractivity (Wildman–Crippen MR) is 600 cm³/mol. The molecule has 4 aliphatic heterocycles. The van der Waals surface area contributed by atoms with Crippen LogP contribution in [0.25, 0.3) is 43.1 Å². The second kappa shape index (κ2) is 60.4. The summed E-state index contributed by atoms with van der Waals surface area (Å²) >= 11 is 0. The van der Waals surface area contributed by atoms with Crippen LogP contribution in [0.3, 0.4) is 0 Å². The monoisotopic (exact) mass is 2090 g/mol. The van der Waals surface area contributed by atoms with Crippen LogP contribution in [0.2, 0.25) is 0 Å². The summed E-state index contributed by atoms with van der Waals surface area (Å²) in [5.74, 6) is -0.106. The lowest BCUT2D eigenvalue weighted by Crippen LogP contribution is -2.42. The van der Waals surface area contributed by atoms with Gasteiger partial charge >= 0.3 is 0 Å². The highest BCUT2D eigenvalue weighted by molar-refractivity contribution is 8.93. The molecule has 0 saturated carbocycles. The number of carbonyl (C=O) groups is 8. The molecule has 12 rings (SSSR count). The van der Waals surface area contributed by atoms with Gasteiger partial charge in [0.05, 0.1) is 54.4 Å². The molecule has 0 radical (unpaired) electrons. The van der Waals surface area contributed by atoms with E-state index in [1.165, 1.54) is 260 Å². The minimum absolute atomic E-state index is 0. The molecule has 0 aromatic heterocycles. The first kappa shape index (κ1) is 114. The number of amides is 8. The van der Waals surface area contributed by atoms with E-state index in [0.29, 0.717) is 78.3 Å². The number of anilines is 4. The Balaban J connectivity index is 0.000000347. The van der Waals surface area contributed by atoms with E-state index in [9.17, 15) is 38.4 Å². The zero-order chi connectivity index (χ0) is 96.6. The molecule has 0 atom stereocenters. The van der Waals surface area contributed by atoms with E-state index in [1.54, 1.807) is 33.7 Å². The van der Waals surface area contributed by atoms with Gasteiger partial charge in [0.25, 0.3) is 47.3 Å². The van der Waals surface area contributed by atoms with Crippen molar-refractivity contribution in [3.63, 3.8) is 0 Å². The summed E-state index contributed by atoms with van der Waals surface area (Å²) < 4.78 is 2.03. The maximum absolute atomic E-state index is 13.9. The second-order valence-electron chi connectivity index (χ2n) is 40.0. The van der Waals surface area contributed by atoms with E-state index < -0.39 is 0 Å². The Morgan fingerprint density at radius 2 is 0.435 bits per heavy atom. The SMILES string of the molecule is Br.Br.CCCCCCCCCCCCCCCCCC[N+](C)(C)CCCNc1ccc2c3c(cccc13)C(=O)N(CCSSCCN1C(=O)c3cccc4c(NCCC[N+](C)(C)CCCCCCCCCCCCCCCCCC)ccc(c34)C1=O)C2=O.CN(C)CCCNc1ccc2c3c(cccc13)C(=O)N(CCSSCCN1C(=O)c3cccc4c(NCCCN(C)C)ccc(c34)C1=O)C2=O. The van der Waals surface area contributed by atoms with E-state index in [0.717, 1.165) is 142 Å². The van der Waals surface area contributed by atoms with Crippen molar-refractivity contribution >= 4 is 190 Å². The lowest BCUT2D eigenvalue weighted by molar-refractivity contribution is -0.890. The molecule has 0 saturated heterocycles. The van der Waals surface area contributed by atoms with Gasteiger partial charge < -0.3 is 40.0 Å².